The summed E-state index contributed by atoms with van der Waals surface area (Å²) in [5.74, 6) is 0.172. The highest BCUT2D eigenvalue weighted by molar-refractivity contribution is 6.06. The molecular formula is C23H23N3O6. The molecule has 0 unspecified atom stereocenters. The highest BCUT2D eigenvalue weighted by atomic mass is 16.5. The maximum Gasteiger partial charge on any atom is 0.287 e. The van der Waals surface area contributed by atoms with Gasteiger partial charge in [-0.15, -0.1) is 0 Å². The number of amides is 3. The van der Waals surface area contributed by atoms with Gasteiger partial charge < -0.3 is 29.8 Å². The Hall–Kier alpha value is -4.27. The third-order valence-corrected chi connectivity index (χ3v) is 4.50. The van der Waals surface area contributed by atoms with Gasteiger partial charge in [-0.3, -0.25) is 14.4 Å². The minimum absolute atomic E-state index is 0.209. The summed E-state index contributed by atoms with van der Waals surface area (Å²) in [5, 5.41) is 8.12. The Labute approximate surface area is 184 Å². The Morgan fingerprint density at radius 1 is 0.844 bits per heavy atom. The number of hydrogen-bond acceptors (Lipinski definition) is 6. The van der Waals surface area contributed by atoms with Gasteiger partial charge in [0.2, 0.25) is 0 Å². The molecule has 0 atom stereocenters. The van der Waals surface area contributed by atoms with Crippen molar-refractivity contribution in [2.45, 2.75) is 0 Å². The molecule has 0 radical (unpaired) electrons. The fourth-order valence-corrected chi connectivity index (χ4v) is 2.84. The van der Waals surface area contributed by atoms with Crippen molar-refractivity contribution >= 4 is 23.4 Å². The van der Waals surface area contributed by atoms with Crippen LogP contribution in [0.5, 0.6) is 11.5 Å². The fraction of sp³-hybridized carbons (Fsp3) is 0.174. The molecule has 32 heavy (non-hydrogen) atoms. The van der Waals surface area contributed by atoms with E-state index in [4.69, 9.17) is 13.9 Å². The highest BCUT2D eigenvalue weighted by Crippen LogP contribution is 2.25. The van der Waals surface area contributed by atoms with E-state index in [0.717, 1.165) is 0 Å². The Balaban J connectivity index is 1.50. The topological polar surface area (TPSA) is 119 Å². The van der Waals surface area contributed by atoms with Gasteiger partial charge in [0.15, 0.2) is 5.76 Å². The molecule has 2 aromatic carbocycles. The normalized spacial score (nSPS) is 10.2. The van der Waals surface area contributed by atoms with Gasteiger partial charge in [0, 0.05) is 30.4 Å². The first kappa shape index (κ1) is 22.4. The predicted octanol–water partition coefficient (Wildman–Crippen LogP) is 2.71. The summed E-state index contributed by atoms with van der Waals surface area (Å²) in [5.41, 5.74) is 1.30. The Bertz CT molecular complexity index is 1080. The predicted molar refractivity (Wildman–Crippen MR) is 117 cm³/mol. The lowest BCUT2D eigenvalue weighted by Crippen LogP contribution is -2.34. The van der Waals surface area contributed by atoms with Crippen LogP contribution in [0.1, 0.15) is 31.3 Å². The standard InChI is InChI=1S/C23H23N3O6/c1-30-17-9-10-18(20(14-17)31-2)22(28)26-16-7-5-15(6-8-16)21(27)24-11-12-25-23(29)19-4-3-13-32-19/h3-10,13-14H,11-12H2,1-2H3,(H,24,27)(H,25,29)(H,26,28). The molecule has 3 amide bonds. The van der Waals surface area contributed by atoms with Crippen molar-refractivity contribution in [3.8, 4) is 11.5 Å². The van der Waals surface area contributed by atoms with E-state index in [9.17, 15) is 14.4 Å². The van der Waals surface area contributed by atoms with Crippen molar-refractivity contribution in [2.75, 3.05) is 32.6 Å². The number of anilines is 1. The van der Waals surface area contributed by atoms with Gasteiger partial charge in [-0.05, 0) is 48.5 Å². The quantitative estimate of drug-likeness (QED) is 0.443. The second-order valence-electron chi connectivity index (χ2n) is 6.59. The molecule has 1 aromatic heterocycles. The summed E-state index contributed by atoms with van der Waals surface area (Å²) in [6.07, 6.45) is 1.41. The first-order valence-corrected chi connectivity index (χ1v) is 9.75. The Morgan fingerprint density at radius 2 is 1.56 bits per heavy atom. The van der Waals surface area contributed by atoms with Crippen LogP contribution in [0.25, 0.3) is 0 Å². The van der Waals surface area contributed by atoms with Crippen molar-refractivity contribution in [3.63, 3.8) is 0 Å². The summed E-state index contributed by atoms with van der Waals surface area (Å²) < 4.78 is 15.4. The molecule has 3 aromatic rings. The zero-order valence-corrected chi connectivity index (χ0v) is 17.6. The first-order valence-electron chi connectivity index (χ1n) is 9.75. The number of nitrogens with one attached hydrogen (secondary N) is 3. The number of methoxy groups -OCH3 is 2. The summed E-state index contributed by atoms with van der Waals surface area (Å²) in [7, 11) is 3.00. The SMILES string of the molecule is COc1ccc(C(=O)Nc2ccc(C(=O)NCCNC(=O)c3ccco3)cc2)c(OC)c1. The molecule has 9 heteroatoms. The Kier molecular flexibility index (Phi) is 7.47. The number of carbonyl (C=O) groups is 3. The van der Waals surface area contributed by atoms with Crippen LogP contribution >= 0.6 is 0 Å². The van der Waals surface area contributed by atoms with E-state index in [1.165, 1.54) is 20.5 Å². The van der Waals surface area contributed by atoms with E-state index in [-0.39, 0.29) is 36.6 Å². The van der Waals surface area contributed by atoms with Gasteiger partial charge in [-0.2, -0.15) is 0 Å². The molecule has 9 nitrogen and oxygen atoms in total. The van der Waals surface area contributed by atoms with Gasteiger partial charge in [0.05, 0.1) is 26.0 Å². The molecule has 0 bridgehead atoms. The molecule has 1 heterocycles. The molecule has 0 saturated carbocycles. The van der Waals surface area contributed by atoms with Crippen LogP contribution in [0.15, 0.2) is 65.3 Å². The van der Waals surface area contributed by atoms with Gasteiger partial charge >= 0.3 is 0 Å². The number of rotatable bonds is 9. The van der Waals surface area contributed by atoms with Gasteiger partial charge in [0.25, 0.3) is 17.7 Å². The molecule has 0 aliphatic heterocycles. The molecule has 3 N–H and O–H groups in total. The van der Waals surface area contributed by atoms with Crippen molar-refractivity contribution in [2.24, 2.45) is 0 Å². The number of ether oxygens (including phenoxy) is 2. The second-order valence-corrected chi connectivity index (χ2v) is 6.59. The first-order chi connectivity index (χ1) is 15.5. The lowest BCUT2D eigenvalue weighted by Gasteiger charge is -2.11. The average Bonchev–Trinajstić information content (AvgIpc) is 3.36. The van der Waals surface area contributed by atoms with E-state index < -0.39 is 0 Å². The molecule has 0 aliphatic carbocycles. The van der Waals surface area contributed by atoms with Crippen LogP contribution in [0.4, 0.5) is 5.69 Å². The number of hydrogen-bond donors (Lipinski definition) is 3. The van der Waals surface area contributed by atoms with Gasteiger partial charge in [0.1, 0.15) is 11.5 Å². The lowest BCUT2D eigenvalue weighted by atomic mass is 10.1. The van der Waals surface area contributed by atoms with Crippen molar-refractivity contribution in [3.05, 3.63) is 77.7 Å². The van der Waals surface area contributed by atoms with E-state index in [2.05, 4.69) is 16.0 Å². The van der Waals surface area contributed by atoms with E-state index >= 15 is 0 Å². The molecule has 166 valence electrons. The van der Waals surface area contributed by atoms with Crippen LogP contribution in [0, 0.1) is 0 Å². The highest BCUT2D eigenvalue weighted by Gasteiger charge is 2.14. The molecule has 3 rings (SSSR count). The minimum atomic E-state index is -0.353. The largest absolute Gasteiger partial charge is 0.497 e. The van der Waals surface area contributed by atoms with Crippen molar-refractivity contribution in [1.29, 1.82) is 0 Å². The monoisotopic (exact) mass is 437 g/mol. The summed E-state index contributed by atoms with van der Waals surface area (Å²) in [4.78, 5) is 36.6. The average molecular weight is 437 g/mol. The zero-order chi connectivity index (χ0) is 22.9. The number of furan rings is 1. The van der Waals surface area contributed by atoms with Crippen molar-refractivity contribution < 1.29 is 28.3 Å². The molecular weight excluding hydrogens is 414 g/mol. The van der Waals surface area contributed by atoms with Crippen LogP contribution < -0.4 is 25.4 Å². The van der Waals surface area contributed by atoms with Crippen LogP contribution in [0.3, 0.4) is 0 Å². The summed E-state index contributed by atoms with van der Waals surface area (Å²) >= 11 is 0. The summed E-state index contributed by atoms with van der Waals surface area (Å²) in [6, 6.07) is 14.5. The number of benzene rings is 2. The van der Waals surface area contributed by atoms with E-state index in [1.807, 2.05) is 0 Å². The molecule has 0 aliphatic rings. The van der Waals surface area contributed by atoms with Crippen LogP contribution in [0.2, 0.25) is 0 Å². The molecule has 0 saturated heterocycles. The fourth-order valence-electron chi connectivity index (χ4n) is 2.84. The minimum Gasteiger partial charge on any atom is -0.497 e. The number of carbonyl (C=O) groups excluding carboxylic acids is 3. The maximum atomic E-state index is 12.6. The summed E-state index contributed by atoms with van der Waals surface area (Å²) in [6.45, 7) is 0.504. The molecule has 0 fully saturated rings. The zero-order valence-electron chi connectivity index (χ0n) is 17.6. The maximum absolute atomic E-state index is 12.6. The lowest BCUT2D eigenvalue weighted by molar-refractivity contribution is 0.0910. The van der Waals surface area contributed by atoms with Crippen LogP contribution in [-0.2, 0) is 0 Å². The Morgan fingerprint density at radius 3 is 2.19 bits per heavy atom. The third kappa shape index (κ3) is 5.66. The smallest absolute Gasteiger partial charge is 0.287 e. The molecule has 0 spiro atoms. The van der Waals surface area contributed by atoms with Crippen molar-refractivity contribution in [1.82, 2.24) is 10.6 Å². The van der Waals surface area contributed by atoms with Gasteiger partial charge in [-0.1, -0.05) is 0 Å². The van der Waals surface area contributed by atoms with E-state index in [0.29, 0.717) is 28.3 Å². The second kappa shape index (κ2) is 10.7. The van der Waals surface area contributed by atoms with Crippen LogP contribution in [-0.4, -0.2) is 45.0 Å². The third-order valence-electron chi connectivity index (χ3n) is 4.50. The van der Waals surface area contributed by atoms with Gasteiger partial charge in [-0.25, -0.2) is 0 Å². The van der Waals surface area contributed by atoms with E-state index in [1.54, 1.807) is 54.6 Å².